The van der Waals surface area contributed by atoms with Crippen LogP contribution in [0.25, 0.3) is 0 Å². The van der Waals surface area contributed by atoms with Crippen LogP contribution in [0.1, 0.15) is 45.2 Å². The fraction of sp³-hybridized carbons (Fsp3) is 0.647. The van der Waals surface area contributed by atoms with Crippen LogP contribution in [0, 0.1) is 17.8 Å². The molecule has 3 rings (SSSR count). The normalized spacial score (nSPS) is 37.7. The maximum atomic E-state index is 5.84. The van der Waals surface area contributed by atoms with Crippen molar-refractivity contribution in [2.24, 2.45) is 17.8 Å². The molecule has 1 fully saturated rings. The van der Waals surface area contributed by atoms with Gasteiger partial charge in [-0.2, -0.15) is 0 Å². The second kappa shape index (κ2) is 5.16. The molecule has 0 spiro atoms. The van der Waals surface area contributed by atoms with Gasteiger partial charge in [0.05, 0.1) is 6.61 Å². The highest BCUT2D eigenvalue weighted by Gasteiger charge is 2.35. The lowest BCUT2D eigenvalue weighted by atomic mass is 9.89. The molecule has 2 heteroatoms. The lowest BCUT2D eigenvalue weighted by Gasteiger charge is -2.35. The van der Waals surface area contributed by atoms with E-state index in [4.69, 9.17) is 4.74 Å². The van der Waals surface area contributed by atoms with Gasteiger partial charge in [0.15, 0.2) is 0 Å². The summed E-state index contributed by atoms with van der Waals surface area (Å²) in [4.78, 5) is 0. The van der Waals surface area contributed by atoms with Gasteiger partial charge in [-0.25, -0.2) is 0 Å². The molecule has 1 aliphatic heterocycles. The molecule has 0 amide bonds. The third-order valence-electron chi connectivity index (χ3n) is 5.18. The summed E-state index contributed by atoms with van der Waals surface area (Å²) in [6.45, 7) is 7.89. The van der Waals surface area contributed by atoms with Gasteiger partial charge in [-0.15, -0.1) is 0 Å². The van der Waals surface area contributed by atoms with Gasteiger partial charge in [0, 0.05) is 23.6 Å². The molecule has 0 saturated heterocycles. The molecule has 2 nitrogen and oxygen atoms in total. The first kappa shape index (κ1) is 13.0. The van der Waals surface area contributed by atoms with Gasteiger partial charge < -0.3 is 10.1 Å². The molecule has 1 heterocycles. The van der Waals surface area contributed by atoms with Crippen molar-refractivity contribution < 1.29 is 4.74 Å². The molecule has 1 saturated carbocycles. The molecule has 104 valence electrons. The van der Waals surface area contributed by atoms with Gasteiger partial charge >= 0.3 is 0 Å². The van der Waals surface area contributed by atoms with Crippen LogP contribution in [0.15, 0.2) is 24.3 Å². The van der Waals surface area contributed by atoms with Crippen molar-refractivity contribution in [3.05, 3.63) is 29.8 Å². The minimum atomic E-state index is 0.447. The van der Waals surface area contributed by atoms with Crippen LogP contribution in [0.2, 0.25) is 0 Å². The van der Waals surface area contributed by atoms with E-state index >= 15 is 0 Å². The molecule has 0 bridgehead atoms. The van der Waals surface area contributed by atoms with E-state index < -0.39 is 0 Å². The number of hydrogen-bond acceptors (Lipinski definition) is 2. The van der Waals surface area contributed by atoms with Crippen LogP contribution < -0.4 is 10.1 Å². The zero-order valence-corrected chi connectivity index (χ0v) is 12.2. The van der Waals surface area contributed by atoms with Gasteiger partial charge in [-0.05, 0) is 30.7 Å². The molecule has 0 aromatic heterocycles. The highest BCUT2D eigenvalue weighted by Crippen LogP contribution is 2.38. The lowest BCUT2D eigenvalue weighted by molar-refractivity contribution is 0.173. The Labute approximate surface area is 116 Å². The maximum Gasteiger partial charge on any atom is 0.124 e. The van der Waals surface area contributed by atoms with Crippen LogP contribution in [0.4, 0.5) is 0 Å². The zero-order valence-electron chi connectivity index (χ0n) is 12.2. The minimum Gasteiger partial charge on any atom is -0.493 e. The van der Waals surface area contributed by atoms with Crippen molar-refractivity contribution in [3.8, 4) is 5.75 Å². The fourth-order valence-corrected chi connectivity index (χ4v) is 3.58. The highest BCUT2D eigenvalue weighted by atomic mass is 16.5. The quantitative estimate of drug-likeness (QED) is 0.872. The standard InChI is InChI=1S/C17H25NO/c1-11-8-9-15(13(11)3)18-17-12(2)10-19-16-7-5-4-6-14(16)17/h4-7,11-13,15,17-18H,8-10H2,1-3H3. The van der Waals surface area contributed by atoms with Gasteiger partial charge in [0.2, 0.25) is 0 Å². The Morgan fingerprint density at radius 3 is 2.58 bits per heavy atom. The van der Waals surface area contributed by atoms with E-state index in [2.05, 4.69) is 50.4 Å². The summed E-state index contributed by atoms with van der Waals surface area (Å²) in [5.41, 5.74) is 1.34. The number of para-hydroxylation sites is 1. The molecule has 1 aromatic rings. The number of ether oxygens (including phenoxy) is 1. The van der Waals surface area contributed by atoms with Gasteiger partial charge in [-0.3, -0.25) is 0 Å². The number of benzene rings is 1. The van der Waals surface area contributed by atoms with Crippen molar-refractivity contribution in [1.82, 2.24) is 5.32 Å². The smallest absolute Gasteiger partial charge is 0.124 e. The Morgan fingerprint density at radius 2 is 1.84 bits per heavy atom. The number of fused-ring (bicyclic) bond motifs is 1. The average Bonchev–Trinajstić information content (AvgIpc) is 2.74. The Balaban J connectivity index is 1.80. The Kier molecular flexibility index (Phi) is 3.53. The minimum absolute atomic E-state index is 0.447. The predicted molar refractivity (Wildman–Crippen MR) is 78.3 cm³/mol. The van der Waals surface area contributed by atoms with E-state index in [9.17, 15) is 0 Å². The van der Waals surface area contributed by atoms with Crippen molar-refractivity contribution in [3.63, 3.8) is 0 Å². The van der Waals surface area contributed by atoms with Gasteiger partial charge in [0.1, 0.15) is 5.75 Å². The first-order valence-corrected chi connectivity index (χ1v) is 7.64. The summed E-state index contributed by atoms with van der Waals surface area (Å²) in [7, 11) is 0. The molecule has 5 unspecified atom stereocenters. The zero-order chi connectivity index (χ0) is 13.4. The summed E-state index contributed by atoms with van der Waals surface area (Å²) in [6, 6.07) is 9.60. The Hall–Kier alpha value is -1.02. The van der Waals surface area contributed by atoms with Crippen molar-refractivity contribution in [2.75, 3.05) is 6.61 Å². The predicted octanol–water partition coefficient (Wildman–Crippen LogP) is 3.78. The molecule has 5 atom stereocenters. The molecule has 1 N–H and O–H groups in total. The molecule has 0 radical (unpaired) electrons. The summed E-state index contributed by atoms with van der Waals surface area (Å²) < 4.78 is 5.84. The second-order valence-electron chi connectivity index (χ2n) is 6.49. The molecular formula is C17H25NO. The first-order chi connectivity index (χ1) is 9.16. The van der Waals surface area contributed by atoms with Crippen LogP contribution in [0.3, 0.4) is 0 Å². The summed E-state index contributed by atoms with van der Waals surface area (Å²) in [6.07, 6.45) is 2.67. The van der Waals surface area contributed by atoms with E-state index in [-0.39, 0.29) is 0 Å². The van der Waals surface area contributed by atoms with Crippen LogP contribution in [-0.4, -0.2) is 12.6 Å². The van der Waals surface area contributed by atoms with E-state index in [1.807, 2.05) is 0 Å². The molecule has 2 aliphatic rings. The Morgan fingerprint density at radius 1 is 1.05 bits per heavy atom. The SMILES string of the molecule is CC1COc2ccccc2C1NC1CCC(C)C1C. The van der Waals surface area contributed by atoms with Crippen LogP contribution >= 0.6 is 0 Å². The van der Waals surface area contributed by atoms with Crippen molar-refractivity contribution in [1.29, 1.82) is 0 Å². The molecule has 19 heavy (non-hydrogen) atoms. The summed E-state index contributed by atoms with van der Waals surface area (Å²) >= 11 is 0. The van der Waals surface area contributed by atoms with Crippen LogP contribution in [0.5, 0.6) is 5.75 Å². The monoisotopic (exact) mass is 259 g/mol. The van der Waals surface area contributed by atoms with E-state index in [0.29, 0.717) is 18.0 Å². The fourth-order valence-electron chi connectivity index (χ4n) is 3.58. The number of nitrogens with one attached hydrogen (secondary N) is 1. The van der Waals surface area contributed by atoms with E-state index in [1.54, 1.807) is 0 Å². The van der Waals surface area contributed by atoms with Crippen molar-refractivity contribution in [2.45, 2.75) is 45.7 Å². The topological polar surface area (TPSA) is 21.3 Å². The van der Waals surface area contributed by atoms with Crippen molar-refractivity contribution >= 4 is 0 Å². The molecular weight excluding hydrogens is 234 g/mol. The molecule has 1 aliphatic carbocycles. The van der Waals surface area contributed by atoms with Crippen LogP contribution in [-0.2, 0) is 0 Å². The third kappa shape index (κ3) is 2.38. The van der Waals surface area contributed by atoms with Gasteiger partial charge in [-0.1, -0.05) is 39.0 Å². The second-order valence-corrected chi connectivity index (χ2v) is 6.49. The van der Waals surface area contributed by atoms with Gasteiger partial charge in [0.25, 0.3) is 0 Å². The summed E-state index contributed by atoms with van der Waals surface area (Å²) in [5, 5.41) is 3.92. The van der Waals surface area contributed by atoms with E-state index in [1.165, 1.54) is 18.4 Å². The summed E-state index contributed by atoms with van der Waals surface area (Å²) in [5.74, 6) is 3.24. The highest BCUT2D eigenvalue weighted by molar-refractivity contribution is 5.38. The average molecular weight is 259 g/mol. The largest absolute Gasteiger partial charge is 0.493 e. The number of hydrogen-bond donors (Lipinski definition) is 1. The maximum absolute atomic E-state index is 5.84. The Bertz CT molecular complexity index is 445. The lowest BCUT2D eigenvalue weighted by Crippen LogP contribution is -2.41. The number of rotatable bonds is 2. The third-order valence-corrected chi connectivity index (χ3v) is 5.18. The first-order valence-electron chi connectivity index (χ1n) is 7.64. The molecule has 1 aromatic carbocycles. The van der Waals surface area contributed by atoms with E-state index in [0.717, 1.165) is 24.2 Å².